The van der Waals surface area contributed by atoms with Crippen molar-refractivity contribution in [1.82, 2.24) is 4.98 Å². The molecule has 116 valence electrons. The summed E-state index contributed by atoms with van der Waals surface area (Å²) in [7, 11) is -2.15. The van der Waals surface area contributed by atoms with Gasteiger partial charge in [-0.15, -0.1) is 0 Å². The molecule has 21 heavy (non-hydrogen) atoms. The van der Waals surface area contributed by atoms with Crippen molar-refractivity contribution in [3.05, 3.63) is 17.8 Å². The highest BCUT2D eigenvalue weighted by Gasteiger charge is 2.21. The summed E-state index contributed by atoms with van der Waals surface area (Å²) < 4.78 is 27.9. The third-order valence-corrected chi connectivity index (χ3v) is 4.72. The van der Waals surface area contributed by atoms with Crippen LogP contribution in [0.25, 0.3) is 0 Å². The predicted octanol–water partition coefficient (Wildman–Crippen LogP) is 2.02. The summed E-state index contributed by atoms with van der Waals surface area (Å²) in [6.45, 7) is 0. The van der Waals surface area contributed by atoms with E-state index in [1.807, 2.05) is 0 Å². The number of nitrogens with zero attached hydrogens (tertiary/aromatic N) is 1. The second-order valence-corrected chi connectivity index (χ2v) is 7.33. The standard InChI is InChI=1S/C14H20N2O4S/c1-20-14(17)12-8-11(21(2,18)19)9-15-13(12)16-10-6-4-3-5-7-10/h8-10H,3-7H2,1-2H3,(H,15,16). The van der Waals surface area contributed by atoms with Gasteiger partial charge in [0, 0.05) is 18.5 Å². The first-order valence-electron chi connectivity index (χ1n) is 6.97. The van der Waals surface area contributed by atoms with Gasteiger partial charge in [0.2, 0.25) is 0 Å². The minimum Gasteiger partial charge on any atom is -0.465 e. The predicted molar refractivity (Wildman–Crippen MR) is 79.2 cm³/mol. The van der Waals surface area contributed by atoms with Crippen LogP contribution in [0, 0.1) is 0 Å². The Kier molecular flexibility index (Phi) is 4.82. The molecule has 0 atom stereocenters. The Morgan fingerprint density at radius 1 is 1.33 bits per heavy atom. The Hall–Kier alpha value is -1.63. The largest absolute Gasteiger partial charge is 0.465 e. The summed E-state index contributed by atoms with van der Waals surface area (Å²) in [6, 6.07) is 1.58. The Morgan fingerprint density at radius 3 is 2.57 bits per heavy atom. The van der Waals surface area contributed by atoms with Gasteiger partial charge < -0.3 is 10.1 Å². The van der Waals surface area contributed by atoms with Crippen LogP contribution < -0.4 is 5.32 Å². The molecule has 0 aliphatic heterocycles. The number of ether oxygens (including phenoxy) is 1. The SMILES string of the molecule is COC(=O)c1cc(S(C)(=O)=O)cnc1NC1CCCCC1. The van der Waals surface area contributed by atoms with Crippen LogP contribution in [0.3, 0.4) is 0 Å². The lowest BCUT2D eigenvalue weighted by Crippen LogP contribution is -2.24. The zero-order valence-corrected chi connectivity index (χ0v) is 13.1. The summed E-state index contributed by atoms with van der Waals surface area (Å²) in [5.41, 5.74) is 0.158. The topological polar surface area (TPSA) is 85.4 Å². The average Bonchev–Trinajstić information content (AvgIpc) is 2.47. The van der Waals surface area contributed by atoms with Gasteiger partial charge in [0.15, 0.2) is 9.84 Å². The molecule has 1 aliphatic carbocycles. The number of carbonyl (C=O) groups excluding carboxylic acids is 1. The number of aromatic nitrogens is 1. The lowest BCUT2D eigenvalue weighted by molar-refractivity contribution is 0.0601. The number of pyridine rings is 1. The van der Waals surface area contributed by atoms with E-state index in [0.29, 0.717) is 5.82 Å². The second kappa shape index (κ2) is 6.43. The van der Waals surface area contributed by atoms with E-state index < -0.39 is 15.8 Å². The highest BCUT2D eigenvalue weighted by atomic mass is 32.2. The molecule has 1 aliphatic rings. The summed E-state index contributed by atoms with van der Waals surface area (Å²) in [4.78, 5) is 16.0. The lowest BCUT2D eigenvalue weighted by Gasteiger charge is -2.24. The number of carbonyl (C=O) groups is 1. The van der Waals surface area contributed by atoms with Crippen molar-refractivity contribution in [2.24, 2.45) is 0 Å². The number of hydrogen-bond acceptors (Lipinski definition) is 6. The van der Waals surface area contributed by atoms with Gasteiger partial charge in [-0.3, -0.25) is 0 Å². The molecular formula is C14H20N2O4S. The highest BCUT2D eigenvalue weighted by molar-refractivity contribution is 7.90. The van der Waals surface area contributed by atoms with Crippen molar-refractivity contribution in [3.8, 4) is 0 Å². The normalized spacial score (nSPS) is 16.5. The minimum absolute atomic E-state index is 0.0112. The smallest absolute Gasteiger partial charge is 0.341 e. The van der Waals surface area contributed by atoms with Crippen LogP contribution >= 0.6 is 0 Å². The Morgan fingerprint density at radius 2 is 2.00 bits per heavy atom. The first kappa shape index (κ1) is 15.8. The summed E-state index contributed by atoms with van der Waals surface area (Å²) in [5, 5.41) is 3.24. The van der Waals surface area contributed by atoms with Crippen LogP contribution in [-0.4, -0.2) is 38.8 Å². The van der Waals surface area contributed by atoms with E-state index >= 15 is 0 Å². The van der Waals surface area contributed by atoms with Gasteiger partial charge in [-0.2, -0.15) is 0 Å². The first-order chi connectivity index (χ1) is 9.91. The van der Waals surface area contributed by atoms with E-state index in [1.54, 1.807) is 0 Å². The van der Waals surface area contributed by atoms with E-state index in [-0.39, 0.29) is 16.5 Å². The number of anilines is 1. The van der Waals surface area contributed by atoms with E-state index in [1.165, 1.54) is 25.8 Å². The molecule has 1 heterocycles. The molecule has 7 heteroatoms. The van der Waals surface area contributed by atoms with Gasteiger partial charge >= 0.3 is 5.97 Å². The maximum Gasteiger partial charge on any atom is 0.341 e. The van der Waals surface area contributed by atoms with E-state index in [4.69, 9.17) is 4.74 Å². The maximum absolute atomic E-state index is 11.9. The van der Waals surface area contributed by atoms with Gasteiger partial charge in [0.25, 0.3) is 0 Å². The molecule has 0 unspecified atom stereocenters. The molecule has 1 saturated carbocycles. The van der Waals surface area contributed by atoms with Gasteiger partial charge in [0.05, 0.1) is 12.0 Å². The Bertz CT molecular complexity index is 622. The highest BCUT2D eigenvalue weighted by Crippen LogP contribution is 2.24. The monoisotopic (exact) mass is 312 g/mol. The van der Waals surface area contributed by atoms with Crippen LogP contribution in [-0.2, 0) is 14.6 Å². The number of sulfone groups is 1. The minimum atomic E-state index is -3.41. The van der Waals surface area contributed by atoms with E-state index in [2.05, 4.69) is 10.3 Å². The number of hydrogen-bond donors (Lipinski definition) is 1. The molecule has 0 bridgehead atoms. The molecule has 6 nitrogen and oxygen atoms in total. The molecular weight excluding hydrogens is 292 g/mol. The number of nitrogens with one attached hydrogen (secondary N) is 1. The summed E-state index contributed by atoms with van der Waals surface area (Å²) in [6.07, 6.45) is 7.92. The van der Waals surface area contributed by atoms with Crippen molar-refractivity contribution >= 4 is 21.6 Å². The molecule has 0 amide bonds. The number of rotatable bonds is 4. The first-order valence-corrected chi connectivity index (χ1v) is 8.86. The number of esters is 1. The summed E-state index contributed by atoms with van der Waals surface area (Å²) in [5.74, 6) is -0.201. The molecule has 2 rings (SSSR count). The molecule has 1 N–H and O–H groups in total. The maximum atomic E-state index is 11.9. The van der Waals surface area contributed by atoms with Gasteiger partial charge in [-0.25, -0.2) is 18.2 Å². The zero-order chi connectivity index (χ0) is 15.5. The van der Waals surface area contributed by atoms with Gasteiger partial charge in [-0.1, -0.05) is 19.3 Å². The quantitative estimate of drug-likeness (QED) is 0.856. The molecule has 1 aromatic rings. The van der Waals surface area contributed by atoms with Crippen molar-refractivity contribution < 1.29 is 17.9 Å². The molecule has 0 aromatic carbocycles. The third-order valence-electron chi connectivity index (χ3n) is 3.64. The van der Waals surface area contributed by atoms with E-state index in [0.717, 1.165) is 31.9 Å². The molecule has 0 spiro atoms. The summed E-state index contributed by atoms with van der Waals surface area (Å²) >= 11 is 0. The fraction of sp³-hybridized carbons (Fsp3) is 0.571. The van der Waals surface area contributed by atoms with Crippen molar-refractivity contribution in [1.29, 1.82) is 0 Å². The van der Waals surface area contributed by atoms with E-state index in [9.17, 15) is 13.2 Å². The molecule has 1 fully saturated rings. The van der Waals surface area contributed by atoms with Gasteiger partial charge in [0.1, 0.15) is 11.4 Å². The average molecular weight is 312 g/mol. The van der Waals surface area contributed by atoms with Crippen LogP contribution in [0.4, 0.5) is 5.82 Å². The lowest BCUT2D eigenvalue weighted by atomic mass is 9.95. The third kappa shape index (κ3) is 3.93. The number of methoxy groups -OCH3 is 1. The zero-order valence-electron chi connectivity index (χ0n) is 12.3. The second-order valence-electron chi connectivity index (χ2n) is 5.31. The molecule has 1 aromatic heterocycles. The van der Waals surface area contributed by atoms with Gasteiger partial charge in [-0.05, 0) is 18.9 Å². The van der Waals surface area contributed by atoms with Crippen molar-refractivity contribution in [2.75, 3.05) is 18.7 Å². The van der Waals surface area contributed by atoms with Crippen molar-refractivity contribution in [3.63, 3.8) is 0 Å². The van der Waals surface area contributed by atoms with Crippen LogP contribution in [0.2, 0.25) is 0 Å². The van der Waals surface area contributed by atoms with Crippen LogP contribution in [0.1, 0.15) is 42.5 Å². The fourth-order valence-corrected chi connectivity index (χ4v) is 3.05. The van der Waals surface area contributed by atoms with Crippen LogP contribution in [0.15, 0.2) is 17.2 Å². The fourth-order valence-electron chi connectivity index (χ4n) is 2.47. The molecule has 0 saturated heterocycles. The Balaban J connectivity index is 2.33. The molecule has 0 radical (unpaired) electrons. The Labute approximate surface area is 124 Å². The van der Waals surface area contributed by atoms with Crippen LogP contribution in [0.5, 0.6) is 0 Å². The van der Waals surface area contributed by atoms with Crippen molar-refractivity contribution in [2.45, 2.75) is 43.0 Å².